The van der Waals surface area contributed by atoms with Crippen LogP contribution in [0.5, 0.6) is 0 Å². The van der Waals surface area contributed by atoms with Crippen LogP contribution in [0.2, 0.25) is 0 Å². The molecule has 4 heteroatoms. The standard InChI is InChI=1S/C22H28N4/c1-15-5-4-10-25(12-15)14-20-22(18-7-6-16(2)17(3)11-18)24-21-9-8-19(23)13-26(20)21/h6-9,11,13,15H,4-5,10,12,14,23H2,1-3H3. The van der Waals surface area contributed by atoms with Gasteiger partial charge in [0.25, 0.3) is 0 Å². The summed E-state index contributed by atoms with van der Waals surface area (Å²) in [6.45, 7) is 9.90. The van der Waals surface area contributed by atoms with E-state index >= 15 is 0 Å². The molecule has 1 atom stereocenters. The van der Waals surface area contributed by atoms with E-state index in [-0.39, 0.29) is 0 Å². The lowest BCUT2D eigenvalue weighted by Crippen LogP contribution is -2.34. The maximum Gasteiger partial charge on any atom is 0.137 e. The predicted molar refractivity (Wildman–Crippen MR) is 108 cm³/mol. The zero-order valence-corrected chi connectivity index (χ0v) is 16.0. The van der Waals surface area contributed by atoms with Gasteiger partial charge in [-0.2, -0.15) is 0 Å². The number of piperidine rings is 1. The Bertz CT molecular complexity index is 941. The van der Waals surface area contributed by atoms with Crippen molar-refractivity contribution in [1.82, 2.24) is 14.3 Å². The van der Waals surface area contributed by atoms with E-state index in [9.17, 15) is 0 Å². The van der Waals surface area contributed by atoms with Gasteiger partial charge in [-0.25, -0.2) is 4.98 Å². The van der Waals surface area contributed by atoms with Crippen molar-refractivity contribution in [2.24, 2.45) is 5.92 Å². The monoisotopic (exact) mass is 348 g/mol. The molecule has 1 aliphatic rings. The number of rotatable bonds is 3. The topological polar surface area (TPSA) is 46.6 Å². The fraction of sp³-hybridized carbons (Fsp3) is 0.409. The first-order valence-electron chi connectivity index (χ1n) is 9.57. The summed E-state index contributed by atoms with van der Waals surface area (Å²) < 4.78 is 2.18. The van der Waals surface area contributed by atoms with Gasteiger partial charge in [-0.05, 0) is 68.5 Å². The Hall–Kier alpha value is -2.33. The predicted octanol–water partition coefficient (Wildman–Crippen LogP) is 4.43. The largest absolute Gasteiger partial charge is 0.398 e. The van der Waals surface area contributed by atoms with Crippen LogP contribution < -0.4 is 5.73 Å². The highest BCUT2D eigenvalue weighted by Crippen LogP contribution is 2.29. The summed E-state index contributed by atoms with van der Waals surface area (Å²) in [5.41, 5.74) is 13.9. The third-order valence-electron chi connectivity index (χ3n) is 5.64. The molecule has 1 aromatic carbocycles. The van der Waals surface area contributed by atoms with Crippen molar-refractivity contribution in [3.63, 3.8) is 0 Å². The van der Waals surface area contributed by atoms with Crippen molar-refractivity contribution in [3.05, 3.63) is 53.3 Å². The molecule has 2 N–H and O–H groups in total. The Morgan fingerprint density at radius 3 is 2.77 bits per heavy atom. The SMILES string of the molecule is Cc1ccc(-c2nc3ccc(N)cn3c2CN2CCCC(C)C2)cc1C. The molecule has 0 radical (unpaired) electrons. The summed E-state index contributed by atoms with van der Waals surface area (Å²) in [6.07, 6.45) is 4.62. The summed E-state index contributed by atoms with van der Waals surface area (Å²) >= 11 is 0. The minimum atomic E-state index is 0.762. The van der Waals surface area contributed by atoms with Crippen LogP contribution in [-0.2, 0) is 6.54 Å². The summed E-state index contributed by atoms with van der Waals surface area (Å²) in [7, 11) is 0. The normalized spacial score (nSPS) is 18.5. The number of nitrogens with two attached hydrogens (primary N) is 1. The van der Waals surface area contributed by atoms with Crippen molar-refractivity contribution in [3.8, 4) is 11.3 Å². The van der Waals surface area contributed by atoms with E-state index in [1.807, 2.05) is 18.3 Å². The van der Waals surface area contributed by atoms with Gasteiger partial charge in [-0.15, -0.1) is 0 Å². The number of nitrogens with zero attached hydrogens (tertiary/aromatic N) is 3. The Kier molecular flexibility index (Phi) is 4.45. The van der Waals surface area contributed by atoms with Crippen LogP contribution in [0.25, 0.3) is 16.9 Å². The molecule has 2 aromatic heterocycles. The molecule has 3 aromatic rings. The molecular weight excluding hydrogens is 320 g/mol. The van der Waals surface area contributed by atoms with Crippen molar-refractivity contribution in [1.29, 1.82) is 0 Å². The molecule has 4 rings (SSSR count). The molecule has 0 spiro atoms. The second-order valence-electron chi connectivity index (χ2n) is 7.88. The number of pyridine rings is 1. The molecule has 1 fully saturated rings. The average Bonchev–Trinajstić information content (AvgIpc) is 2.95. The molecule has 136 valence electrons. The van der Waals surface area contributed by atoms with Gasteiger partial charge in [0, 0.05) is 30.5 Å². The molecule has 26 heavy (non-hydrogen) atoms. The van der Waals surface area contributed by atoms with E-state index in [0.717, 1.165) is 42.6 Å². The fourth-order valence-electron chi connectivity index (χ4n) is 4.02. The Balaban J connectivity index is 1.82. The lowest BCUT2D eigenvalue weighted by Gasteiger charge is -2.30. The van der Waals surface area contributed by atoms with E-state index < -0.39 is 0 Å². The minimum absolute atomic E-state index is 0.762. The second-order valence-corrected chi connectivity index (χ2v) is 7.88. The van der Waals surface area contributed by atoms with Crippen molar-refractivity contribution in [2.45, 2.75) is 40.2 Å². The van der Waals surface area contributed by atoms with Gasteiger partial charge in [0.1, 0.15) is 5.65 Å². The van der Waals surface area contributed by atoms with Crippen molar-refractivity contribution < 1.29 is 0 Å². The third-order valence-corrected chi connectivity index (χ3v) is 5.64. The first-order valence-corrected chi connectivity index (χ1v) is 9.57. The van der Waals surface area contributed by atoms with Gasteiger partial charge in [0.15, 0.2) is 0 Å². The van der Waals surface area contributed by atoms with Crippen LogP contribution >= 0.6 is 0 Å². The molecule has 4 nitrogen and oxygen atoms in total. The molecule has 1 saturated heterocycles. The summed E-state index contributed by atoms with van der Waals surface area (Å²) in [6, 6.07) is 10.6. The van der Waals surface area contributed by atoms with Crippen molar-refractivity contribution >= 4 is 11.3 Å². The number of imidazole rings is 1. The minimum Gasteiger partial charge on any atom is -0.398 e. The Labute approximate surface area is 155 Å². The Morgan fingerprint density at radius 1 is 1.15 bits per heavy atom. The molecule has 1 unspecified atom stereocenters. The van der Waals surface area contributed by atoms with Gasteiger partial charge in [-0.1, -0.05) is 19.1 Å². The summed E-state index contributed by atoms with van der Waals surface area (Å²) in [5.74, 6) is 0.762. The summed E-state index contributed by atoms with van der Waals surface area (Å²) in [4.78, 5) is 7.52. The second kappa shape index (κ2) is 6.76. The Morgan fingerprint density at radius 2 is 2.00 bits per heavy atom. The highest BCUT2D eigenvalue weighted by molar-refractivity contribution is 5.68. The quantitative estimate of drug-likeness (QED) is 0.761. The lowest BCUT2D eigenvalue weighted by atomic mass is 9.99. The number of likely N-dealkylation sites (tertiary alicyclic amines) is 1. The number of aryl methyl sites for hydroxylation is 2. The van der Waals surface area contributed by atoms with Gasteiger partial charge < -0.3 is 10.1 Å². The smallest absolute Gasteiger partial charge is 0.137 e. The number of nitrogen functional groups attached to an aromatic ring is 1. The maximum absolute atomic E-state index is 6.08. The van der Waals surface area contributed by atoms with Crippen LogP contribution in [0, 0.1) is 19.8 Å². The first kappa shape index (κ1) is 17.1. The van der Waals surface area contributed by atoms with E-state index in [4.69, 9.17) is 10.7 Å². The molecule has 0 bridgehead atoms. The number of benzene rings is 1. The van der Waals surface area contributed by atoms with E-state index in [0.29, 0.717) is 0 Å². The van der Waals surface area contributed by atoms with Gasteiger partial charge in [0.2, 0.25) is 0 Å². The zero-order valence-electron chi connectivity index (χ0n) is 16.0. The number of hydrogen-bond acceptors (Lipinski definition) is 3. The highest BCUT2D eigenvalue weighted by atomic mass is 15.2. The zero-order chi connectivity index (χ0) is 18.3. The summed E-state index contributed by atoms with van der Waals surface area (Å²) in [5, 5.41) is 0. The van der Waals surface area contributed by atoms with Crippen LogP contribution in [0.4, 0.5) is 5.69 Å². The molecular formula is C22H28N4. The first-order chi connectivity index (χ1) is 12.5. The fourth-order valence-corrected chi connectivity index (χ4v) is 4.02. The van der Waals surface area contributed by atoms with E-state index in [1.165, 1.54) is 35.2 Å². The van der Waals surface area contributed by atoms with Gasteiger partial charge >= 0.3 is 0 Å². The van der Waals surface area contributed by atoms with Crippen molar-refractivity contribution in [2.75, 3.05) is 18.8 Å². The lowest BCUT2D eigenvalue weighted by molar-refractivity contribution is 0.174. The number of aromatic nitrogens is 2. The molecule has 0 amide bonds. The number of fused-ring (bicyclic) bond motifs is 1. The molecule has 0 aliphatic carbocycles. The van der Waals surface area contributed by atoms with Crippen LogP contribution in [-0.4, -0.2) is 27.4 Å². The van der Waals surface area contributed by atoms with E-state index in [2.05, 4.69) is 48.3 Å². The molecule has 0 saturated carbocycles. The van der Waals surface area contributed by atoms with Crippen LogP contribution in [0.3, 0.4) is 0 Å². The number of anilines is 1. The number of hydrogen-bond donors (Lipinski definition) is 1. The van der Waals surface area contributed by atoms with Crippen LogP contribution in [0.1, 0.15) is 36.6 Å². The van der Waals surface area contributed by atoms with Gasteiger partial charge in [0.05, 0.1) is 11.4 Å². The maximum atomic E-state index is 6.08. The van der Waals surface area contributed by atoms with Gasteiger partial charge in [-0.3, -0.25) is 4.90 Å². The van der Waals surface area contributed by atoms with Crippen LogP contribution in [0.15, 0.2) is 36.5 Å². The third kappa shape index (κ3) is 3.21. The average molecular weight is 348 g/mol. The molecule has 3 heterocycles. The highest BCUT2D eigenvalue weighted by Gasteiger charge is 2.21. The molecule has 1 aliphatic heterocycles. The van der Waals surface area contributed by atoms with E-state index in [1.54, 1.807) is 0 Å².